The fraction of sp³-hybridized carbons (Fsp3) is 0.444. The van der Waals surface area contributed by atoms with Gasteiger partial charge in [0.2, 0.25) is 6.17 Å². The Morgan fingerprint density at radius 3 is 2.53 bits per heavy atom. The molecule has 0 fully saturated rings. The molecule has 1 aromatic heterocycles. The van der Waals surface area contributed by atoms with Crippen molar-refractivity contribution in [2.24, 2.45) is 0 Å². The van der Waals surface area contributed by atoms with E-state index in [2.05, 4.69) is 9.97 Å². The van der Waals surface area contributed by atoms with E-state index in [1.807, 2.05) is 0 Å². The molecule has 0 amide bonds. The number of aliphatic hydroxyl groups is 1. The van der Waals surface area contributed by atoms with Crippen LogP contribution in [0.25, 0.3) is 0 Å². The lowest BCUT2D eigenvalue weighted by atomic mass is 9.94. The number of aryl methyl sites for hydroxylation is 1. The van der Waals surface area contributed by atoms with Crippen LogP contribution in [0.15, 0.2) is 12.4 Å². The summed E-state index contributed by atoms with van der Waals surface area (Å²) in [6.45, 7) is 2.58. The van der Waals surface area contributed by atoms with Crippen molar-refractivity contribution in [2.45, 2.75) is 25.6 Å². The van der Waals surface area contributed by atoms with Crippen molar-refractivity contribution in [3.05, 3.63) is 23.8 Å². The summed E-state index contributed by atoms with van der Waals surface area (Å²) in [5, 5.41) is 18.2. The summed E-state index contributed by atoms with van der Waals surface area (Å²) in [6, 6.07) is 0. The number of nitrogens with zero attached hydrogens (tertiary/aromatic N) is 2. The first-order valence-corrected chi connectivity index (χ1v) is 4.24. The van der Waals surface area contributed by atoms with Crippen molar-refractivity contribution in [3.8, 4) is 0 Å². The van der Waals surface area contributed by atoms with E-state index in [0.29, 0.717) is 5.69 Å². The zero-order chi connectivity index (χ0) is 11.6. The summed E-state index contributed by atoms with van der Waals surface area (Å²) < 4.78 is 13.3. The Morgan fingerprint density at radius 2 is 2.07 bits per heavy atom. The molecule has 1 heterocycles. The standard InChI is InChI=1S/C9H11FN2O3/c1-5-7(12-4-3-11-5)9(2,15)6(10)8(13)14/h3-4,6,15H,1-2H3,(H,13,14). The largest absolute Gasteiger partial charge is 0.479 e. The molecule has 15 heavy (non-hydrogen) atoms. The van der Waals surface area contributed by atoms with E-state index in [1.54, 1.807) is 0 Å². The molecule has 0 spiro atoms. The van der Waals surface area contributed by atoms with Crippen LogP contribution in [0.4, 0.5) is 4.39 Å². The number of halogens is 1. The maximum Gasteiger partial charge on any atom is 0.341 e. The van der Waals surface area contributed by atoms with Crippen molar-refractivity contribution in [3.63, 3.8) is 0 Å². The van der Waals surface area contributed by atoms with Crippen molar-refractivity contribution in [1.29, 1.82) is 0 Å². The molecule has 0 radical (unpaired) electrons. The van der Waals surface area contributed by atoms with Gasteiger partial charge in [-0.3, -0.25) is 9.97 Å². The van der Waals surface area contributed by atoms with Gasteiger partial charge in [-0.2, -0.15) is 0 Å². The lowest BCUT2D eigenvalue weighted by molar-refractivity contribution is -0.154. The van der Waals surface area contributed by atoms with Gasteiger partial charge in [-0.1, -0.05) is 0 Å². The van der Waals surface area contributed by atoms with Crippen LogP contribution in [0.2, 0.25) is 0 Å². The van der Waals surface area contributed by atoms with Gasteiger partial charge in [0.05, 0.1) is 11.4 Å². The number of hydrogen-bond donors (Lipinski definition) is 2. The second-order valence-electron chi connectivity index (χ2n) is 3.34. The minimum atomic E-state index is -2.44. The van der Waals surface area contributed by atoms with E-state index < -0.39 is 17.7 Å². The summed E-state index contributed by atoms with van der Waals surface area (Å²) in [5.41, 5.74) is -1.95. The first kappa shape index (κ1) is 11.5. The average molecular weight is 214 g/mol. The third-order valence-electron chi connectivity index (χ3n) is 2.07. The number of aliphatic carboxylic acids is 1. The Labute approximate surface area is 85.6 Å². The molecule has 6 heteroatoms. The number of rotatable bonds is 3. The fourth-order valence-electron chi connectivity index (χ4n) is 1.26. The molecule has 0 saturated carbocycles. The lowest BCUT2D eigenvalue weighted by Crippen LogP contribution is -2.40. The van der Waals surface area contributed by atoms with Gasteiger partial charge in [0.25, 0.3) is 0 Å². The summed E-state index contributed by atoms with van der Waals surface area (Å²) in [4.78, 5) is 18.0. The van der Waals surface area contributed by atoms with E-state index in [4.69, 9.17) is 5.11 Å². The van der Waals surface area contributed by atoms with Crippen LogP contribution >= 0.6 is 0 Å². The van der Waals surface area contributed by atoms with Crippen molar-refractivity contribution >= 4 is 5.97 Å². The quantitative estimate of drug-likeness (QED) is 0.761. The van der Waals surface area contributed by atoms with Crippen LogP contribution in [0.3, 0.4) is 0 Å². The van der Waals surface area contributed by atoms with Gasteiger partial charge in [0, 0.05) is 12.4 Å². The molecule has 2 atom stereocenters. The Balaban J connectivity index is 3.16. The molecule has 1 rings (SSSR count). The van der Waals surface area contributed by atoms with Gasteiger partial charge < -0.3 is 10.2 Å². The zero-order valence-electron chi connectivity index (χ0n) is 8.31. The van der Waals surface area contributed by atoms with Crippen LogP contribution < -0.4 is 0 Å². The van der Waals surface area contributed by atoms with Gasteiger partial charge >= 0.3 is 5.97 Å². The highest BCUT2D eigenvalue weighted by molar-refractivity contribution is 5.74. The monoisotopic (exact) mass is 214 g/mol. The van der Waals surface area contributed by atoms with Gasteiger partial charge in [0.1, 0.15) is 5.60 Å². The molecule has 0 aliphatic carbocycles. The summed E-state index contributed by atoms with van der Waals surface area (Å²) >= 11 is 0. The molecule has 0 aromatic carbocycles. The van der Waals surface area contributed by atoms with Gasteiger partial charge in [0.15, 0.2) is 0 Å². The molecule has 2 unspecified atom stereocenters. The normalized spacial score (nSPS) is 16.8. The SMILES string of the molecule is Cc1nccnc1C(C)(O)C(F)C(=O)O. The Morgan fingerprint density at radius 1 is 1.53 bits per heavy atom. The predicted octanol–water partition coefficient (Wildman–Crippen LogP) is 0.415. The van der Waals surface area contributed by atoms with Crippen LogP contribution in [-0.4, -0.2) is 32.3 Å². The molecule has 1 aromatic rings. The van der Waals surface area contributed by atoms with E-state index >= 15 is 0 Å². The molecular formula is C9H11FN2O3. The minimum absolute atomic E-state index is 0.0695. The molecule has 0 bridgehead atoms. The smallest absolute Gasteiger partial charge is 0.341 e. The molecule has 0 aliphatic rings. The Bertz CT molecular complexity index is 381. The van der Waals surface area contributed by atoms with Crippen LogP contribution in [0.5, 0.6) is 0 Å². The molecule has 82 valence electrons. The third-order valence-corrected chi connectivity index (χ3v) is 2.07. The van der Waals surface area contributed by atoms with Crippen molar-refractivity contribution < 1.29 is 19.4 Å². The predicted molar refractivity (Wildman–Crippen MR) is 48.9 cm³/mol. The highest BCUT2D eigenvalue weighted by Crippen LogP contribution is 2.26. The first-order chi connectivity index (χ1) is 6.87. The Hall–Kier alpha value is -1.56. The number of alkyl halides is 1. The van der Waals surface area contributed by atoms with E-state index in [9.17, 15) is 14.3 Å². The fourth-order valence-corrected chi connectivity index (χ4v) is 1.26. The Kier molecular flexibility index (Phi) is 2.99. The van der Waals surface area contributed by atoms with E-state index in [0.717, 1.165) is 6.92 Å². The van der Waals surface area contributed by atoms with Crippen LogP contribution in [0.1, 0.15) is 18.3 Å². The van der Waals surface area contributed by atoms with Gasteiger partial charge in [-0.25, -0.2) is 9.18 Å². The molecule has 2 N–H and O–H groups in total. The highest BCUT2D eigenvalue weighted by atomic mass is 19.1. The van der Waals surface area contributed by atoms with Crippen LogP contribution in [-0.2, 0) is 10.4 Å². The number of hydrogen-bond acceptors (Lipinski definition) is 4. The first-order valence-electron chi connectivity index (χ1n) is 4.24. The topological polar surface area (TPSA) is 83.3 Å². The maximum absolute atomic E-state index is 13.3. The number of carbonyl (C=O) groups is 1. The maximum atomic E-state index is 13.3. The van der Waals surface area contributed by atoms with Gasteiger partial charge in [-0.15, -0.1) is 0 Å². The number of carboxylic acids is 1. The van der Waals surface area contributed by atoms with Crippen LogP contribution in [0, 0.1) is 6.92 Å². The number of aromatic nitrogens is 2. The second kappa shape index (κ2) is 3.90. The third kappa shape index (κ3) is 2.10. The van der Waals surface area contributed by atoms with E-state index in [1.165, 1.54) is 19.3 Å². The summed E-state index contributed by atoms with van der Waals surface area (Å²) in [7, 11) is 0. The molecule has 5 nitrogen and oxygen atoms in total. The molecular weight excluding hydrogens is 203 g/mol. The molecule has 0 saturated heterocycles. The highest BCUT2D eigenvalue weighted by Gasteiger charge is 2.42. The lowest BCUT2D eigenvalue weighted by Gasteiger charge is -2.24. The summed E-state index contributed by atoms with van der Waals surface area (Å²) in [5.74, 6) is -1.73. The number of carboxylic acid groups (broad SMARTS) is 1. The second-order valence-corrected chi connectivity index (χ2v) is 3.34. The van der Waals surface area contributed by atoms with Gasteiger partial charge in [-0.05, 0) is 13.8 Å². The molecule has 0 aliphatic heterocycles. The summed E-state index contributed by atoms with van der Waals surface area (Å²) in [6.07, 6.45) is 0.210. The van der Waals surface area contributed by atoms with Crippen molar-refractivity contribution in [1.82, 2.24) is 9.97 Å². The average Bonchev–Trinajstić information content (AvgIpc) is 2.16. The van der Waals surface area contributed by atoms with Crippen molar-refractivity contribution in [2.75, 3.05) is 0 Å². The minimum Gasteiger partial charge on any atom is -0.479 e. The van der Waals surface area contributed by atoms with E-state index in [-0.39, 0.29) is 5.69 Å². The zero-order valence-corrected chi connectivity index (χ0v) is 8.31.